The molecule has 2 amide bonds. The van der Waals surface area contributed by atoms with E-state index >= 15 is 0 Å². The molecular weight excluding hydrogens is 556 g/mol. The Hall–Kier alpha value is -5.16. The van der Waals surface area contributed by atoms with Crippen molar-refractivity contribution in [3.8, 4) is 17.2 Å². The van der Waals surface area contributed by atoms with Crippen molar-refractivity contribution in [1.82, 2.24) is 5.32 Å². The normalized spacial score (nSPS) is 15.5. The standard InChI is InChI=1S/C31H26N4O6S/c1-39-22-13-11-21(12-14-22)33-28(36)17-27-29(37)34-31(42-27)35-32-18-19-10-15-25(40-2)26(16-19)41-30(38)24-9-5-7-20-6-3-4-8-23(20)24/h3-16,18,27H,17H2,1-2H3,(H,33,36)(H,34,35,37)/b32-18-/t27-/m1/s1. The van der Waals surface area contributed by atoms with Gasteiger partial charge in [0.25, 0.3) is 0 Å². The minimum atomic E-state index is -0.640. The Balaban J connectivity index is 1.22. The molecule has 212 valence electrons. The van der Waals surface area contributed by atoms with Crippen LogP contribution in [0.2, 0.25) is 0 Å². The third-order valence-corrected chi connectivity index (χ3v) is 7.35. The van der Waals surface area contributed by atoms with Gasteiger partial charge in [-0.25, -0.2) is 4.79 Å². The number of carbonyl (C=O) groups excluding carboxylic acids is 3. The summed E-state index contributed by atoms with van der Waals surface area (Å²) >= 11 is 1.12. The largest absolute Gasteiger partial charge is 0.497 e. The summed E-state index contributed by atoms with van der Waals surface area (Å²) in [6, 6.07) is 24.9. The Morgan fingerprint density at radius 3 is 2.52 bits per heavy atom. The highest BCUT2D eigenvalue weighted by molar-refractivity contribution is 8.15. The van der Waals surface area contributed by atoms with Crippen molar-refractivity contribution in [3.63, 3.8) is 0 Å². The van der Waals surface area contributed by atoms with E-state index < -0.39 is 11.2 Å². The molecule has 1 heterocycles. The molecule has 0 spiro atoms. The maximum atomic E-state index is 13.1. The molecule has 0 bridgehead atoms. The predicted molar refractivity (Wildman–Crippen MR) is 163 cm³/mol. The monoisotopic (exact) mass is 582 g/mol. The second-order valence-electron chi connectivity index (χ2n) is 9.05. The van der Waals surface area contributed by atoms with E-state index in [0.717, 1.165) is 22.5 Å². The molecule has 0 unspecified atom stereocenters. The summed E-state index contributed by atoms with van der Waals surface area (Å²) < 4.78 is 16.2. The average Bonchev–Trinajstić information content (AvgIpc) is 3.35. The van der Waals surface area contributed by atoms with Gasteiger partial charge in [0.1, 0.15) is 11.0 Å². The number of amidine groups is 1. The third-order valence-electron chi connectivity index (χ3n) is 6.28. The Labute approximate surface area is 245 Å². The number of benzene rings is 4. The van der Waals surface area contributed by atoms with Crippen molar-refractivity contribution >= 4 is 57.4 Å². The Morgan fingerprint density at radius 2 is 1.74 bits per heavy atom. The van der Waals surface area contributed by atoms with E-state index in [1.54, 1.807) is 61.7 Å². The van der Waals surface area contributed by atoms with Crippen LogP contribution >= 0.6 is 11.8 Å². The number of nitrogens with zero attached hydrogens (tertiary/aromatic N) is 2. The van der Waals surface area contributed by atoms with Crippen molar-refractivity contribution in [3.05, 3.63) is 96.1 Å². The average molecular weight is 583 g/mol. The fourth-order valence-corrected chi connectivity index (χ4v) is 5.12. The summed E-state index contributed by atoms with van der Waals surface area (Å²) in [5.41, 5.74) is 1.62. The number of ether oxygens (including phenoxy) is 3. The highest BCUT2D eigenvalue weighted by atomic mass is 32.2. The molecule has 1 fully saturated rings. The second-order valence-corrected chi connectivity index (χ2v) is 10.2. The number of esters is 1. The summed E-state index contributed by atoms with van der Waals surface area (Å²) in [5.74, 6) is 0.117. The Morgan fingerprint density at radius 1 is 0.952 bits per heavy atom. The molecular formula is C31H26N4O6S. The van der Waals surface area contributed by atoms with Gasteiger partial charge in [-0.3, -0.25) is 9.59 Å². The van der Waals surface area contributed by atoms with Gasteiger partial charge in [-0.05, 0) is 64.9 Å². The van der Waals surface area contributed by atoms with Crippen LogP contribution in [0.1, 0.15) is 22.3 Å². The van der Waals surface area contributed by atoms with Crippen molar-refractivity contribution in [1.29, 1.82) is 0 Å². The van der Waals surface area contributed by atoms with Crippen LogP contribution in [0, 0.1) is 0 Å². The summed E-state index contributed by atoms with van der Waals surface area (Å²) in [5, 5.41) is 14.9. The van der Waals surface area contributed by atoms with Gasteiger partial charge < -0.3 is 24.8 Å². The summed E-state index contributed by atoms with van der Waals surface area (Å²) in [7, 11) is 3.05. The maximum absolute atomic E-state index is 13.1. The first-order valence-corrected chi connectivity index (χ1v) is 13.7. The molecule has 2 N–H and O–H groups in total. The van der Waals surface area contributed by atoms with Gasteiger partial charge in [0.2, 0.25) is 11.8 Å². The van der Waals surface area contributed by atoms with Gasteiger partial charge >= 0.3 is 5.97 Å². The number of carbonyl (C=O) groups is 3. The lowest BCUT2D eigenvalue weighted by Gasteiger charge is -2.11. The molecule has 42 heavy (non-hydrogen) atoms. The number of anilines is 1. The van der Waals surface area contributed by atoms with Crippen molar-refractivity contribution in [2.24, 2.45) is 10.2 Å². The lowest BCUT2D eigenvalue weighted by atomic mass is 10.0. The van der Waals surface area contributed by atoms with Gasteiger partial charge in [0.05, 0.1) is 26.0 Å². The Bertz CT molecular complexity index is 1700. The van der Waals surface area contributed by atoms with Gasteiger partial charge in [-0.2, -0.15) is 5.10 Å². The molecule has 0 aliphatic carbocycles. The first kappa shape index (κ1) is 28.4. The number of hydrogen-bond donors (Lipinski definition) is 2. The van der Waals surface area contributed by atoms with E-state index in [-0.39, 0.29) is 29.2 Å². The number of amides is 2. The van der Waals surface area contributed by atoms with E-state index in [1.165, 1.54) is 13.3 Å². The second kappa shape index (κ2) is 13.0. The highest BCUT2D eigenvalue weighted by Gasteiger charge is 2.32. The first-order chi connectivity index (χ1) is 20.4. The molecule has 11 heteroatoms. The van der Waals surface area contributed by atoms with Crippen LogP contribution in [0.5, 0.6) is 17.2 Å². The topological polar surface area (TPSA) is 128 Å². The zero-order valence-electron chi connectivity index (χ0n) is 22.7. The highest BCUT2D eigenvalue weighted by Crippen LogP contribution is 2.30. The SMILES string of the molecule is COc1ccc(NC(=O)C[C@H]2S/C(=N\N=C/c3ccc(OC)c(OC(=O)c4cccc5ccccc45)c3)NC2=O)cc1. The first-order valence-electron chi connectivity index (χ1n) is 12.8. The number of thioether (sulfide) groups is 1. The van der Waals surface area contributed by atoms with Crippen LogP contribution < -0.4 is 24.8 Å². The Kier molecular flexibility index (Phi) is 8.78. The molecule has 1 saturated heterocycles. The quantitative estimate of drug-likeness (QED) is 0.123. The summed E-state index contributed by atoms with van der Waals surface area (Å²) in [6.07, 6.45) is 1.42. The minimum Gasteiger partial charge on any atom is -0.497 e. The number of methoxy groups -OCH3 is 2. The zero-order chi connectivity index (χ0) is 29.5. The molecule has 1 atom stereocenters. The van der Waals surface area contributed by atoms with E-state index in [0.29, 0.717) is 28.3 Å². The summed E-state index contributed by atoms with van der Waals surface area (Å²) in [4.78, 5) is 37.9. The minimum absolute atomic E-state index is 0.0326. The third kappa shape index (κ3) is 6.76. The summed E-state index contributed by atoms with van der Waals surface area (Å²) in [6.45, 7) is 0. The van der Waals surface area contributed by atoms with Crippen LogP contribution in [-0.2, 0) is 9.59 Å². The number of nitrogens with one attached hydrogen (secondary N) is 2. The van der Waals surface area contributed by atoms with Crippen LogP contribution in [0.4, 0.5) is 5.69 Å². The van der Waals surface area contributed by atoms with Crippen LogP contribution in [0.25, 0.3) is 10.8 Å². The molecule has 4 aromatic carbocycles. The van der Waals surface area contributed by atoms with Crippen LogP contribution in [0.3, 0.4) is 0 Å². The fraction of sp³-hybridized carbons (Fsp3) is 0.129. The van der Waals surface area contributed by atoms with Crippen LogP contribution in [0.15, 0.2) is 95.1 Å². The molecule has 0 aromatic heterocycles. The number of rotatable bonds is 9. The zero-order valence-corrected chi connectivity index (χ0v) is 23.5. The number of hydrogen-bond acceptors (Lipinski definition) is 9. The van der Waals surface area contributed by atoms with E-state index in [9.17, 15) is 14.4 Å². The molecule has 1 aliphatic heterocycles. The molecule has 0 radical (unpaired) electrons. The van der Waals surface area contributed by atoms with Crippen molar-refractivity contribution in [2.45, 2.75) is 11.7 Å². The van der Waals surface area contributed by atoms with E-state index in [4.69, 9.17) is 14.2 Å². The molecule has 5 rings (SSSR count). The van der Waals surface area contributed by atoms with Gasteiger partial charge in [0, 0.05) is 12.1 Å². The lowest BCUT2D eigenvalue weighted by Crippen LogP contribution is -2.28. The lowest BCUT2D eigenvalue weighted by molar-refractivity contribution is -0.122. The van der Waals surface area contributed by atoms with Crippen molar-refractivity contribution < 1.29 is 28.6 Å². The van der Waals surface area contributed by atoms with Gasteiger partial charge in [-0.15, -0.1) is 5.10 Å². The van der Waals surface area contributed by atoms with Crippen molar-refractivity contribution in [2.75, 3.05) is 19.5 Å². The molecule has 10 nitrogen and oxygen atoms in total. The van der Waals surface area contributed by atoms with E-state index in [2.05, 4.69) is 20.8 Å². The predicted octanol–water partition coefficient (Wildman–Crippen LogP) is 5.03. The maximum Gasteiger partial charge on any atom is 0.344 e. The smallest absolute Gasteiger partial charge is 0.344 e. The fourth-order valence-electron chi connectivity index (χ4n) is 4.20. The molecule has 0 saturated carbocycles. The molecule has 4 aromatic rings. The molecule has 1 aliphatic rings. The van der Waals surface area contributed by atoms with E-state index in [1.807, 2.05) is 30.3 Å². The van der Waals surface area contributed by atoms with Gasteiger partial charge in [-0.1, -0.05) is 48.2 Å². The number of fused-ring (bicyclic) bond motifs is 1. The van der Waals surface area contributed by atoms with Gasteiger partial charge in [0.15, 0.2) is 16.7 Å². The van der Waals surface area contributed by atoms with Crippen LogP contribution in [-0.4, -0.2) is 48.6 Å².